The van der Waals surface area contributed by atoms with Crippen LogP contribution in [0.4, 0.5) is 0 Å². The van der Waals surface area contributed by atoms with E-state index in [1.54, 1.807) is 0 Å². The molecule has 14 heavy (non-hydrogen) atoms. The predicted octanol–water partition coefficient (Wildman–Crippen LogP) is 1.59. The highest BCUT2D eigenvalue weighted by Crippen LogP contribution is 2.41. The summed E-state index contributed by atoms with van der Waals surface area (Å²) in [6.45, 7) is 0. The van der Waals surface area contributed by atoms with Gasteiger partial charge in [-0.3, -0.25) is 0 Å². The van der Waals surface area contributed by atoms with E-state index in [0.29, 0.717) is 6.29 Å². The molecule has 5 heteroatoms. The number of phenolic OH excluding ortho intramolecular Hbond substituents is 3. The zero-order valence-electron chi connectivity index (χ0n) is 7.20. The first kappa shape index (κ1) is 10.7. The van der Waals surface area contributed by atoms with E-state index in [0.717, 1.165) is 6.07 Å². The Morgan fingerprint density at radius 3 is 2.50 bits per heavy atom. The zero-order valence-corrected chi connectivity index (χ0v) is 7.95. The molecule has 0 spiro atoms. The minimum absolute atomic E-state index is 0.167. The van der Waals surface area contributed by atoms with Gasteiger partial charge in [-0.05, 0) is 6.42 Å². The summed E-state index contributed by atoms with van der Waals surface area (Å²) < 4.78 is 0. The molecule has 0 bridgehead atoms. The summed E-state index contributed by atoms with van der Waals surface area (Å²) in [5.41, 5.74) is 0.167. The molecule has 1 rings (SSSR count). The number of carbonyl (C=O) groups excluding carboxylic acids is 1. The topological polar surface area (TPSA) is 77.8 Å². The largest absolute Gasteiger partial charge is 0.507 e. The van der Waals surface area contributed by atoms with Gasteiger partial charge in [0.2, 0.25) is 0 Å². The van der Waals surface area contributed by atoms with Crippen molar-refractivity contribution >= 4 is 17.9 Å². The van der Waals surface area contributed by atoms with Gasteiger partial charge in [-0.15, -0.1) is 0 Å². The van der Waals surface area contributed by atoms with E-state index >= 15 is 0 Å². The molecule has 0 radical (unpaired) electrons. The lowest BCUT2D eigenvalue weighted by Crippen LogP contribution is -1.89. The maximum Gasteiger partial charge on any atom is 0.144 e. The molecule has 0 aliphatic carbocycles. The highest BCUT2D eigenvalue weighted by molar-refractivity contribution is 6.33. The molecular weight excluding hydrogens is 208 g/mol. The average molecular weight is 217 g/mol. The molecule has 4 nitrogen and oxygen atoms in total. The van der Waals surface area contributed by atoms with E-state index in [9.17, 15) is 15.0 Å². The van der Waals surface area contributed by atoms with Crippen LogP contribution in [0.15, 0.2) is 6.07 Å². The summed E-state index contributed by atoms with van der Waals surface area (Å²) in [7, 11) is 0. The lowest BCUT2D eigenvalue weighted by atomic mass is 10.1. The second kappa shape index (κ2) is 4.19. The Kier molecular flexibility index (Phi) is 3.19. The molecule has 0 aliphatic rings. The summed E-state index contributed by atoms with van der Waals surface area (Å²) in [5.74, 6) is -1.05. The highest BCUT2D eigenvalue weighted by Gasteiger charge is 2.14. The lowest BCUT2D eigenvalue weighted by molar-refractivity contribution is -0.107. The van der Waals surface area contributed by atoms with Gasteiger partial charge in [0.05, 0.1) is 0 Å². The van der Waals surface area contributed by atoms with E-state index in [2.05, 4.69) is 0 Å². The third-order valence-electron chi connectivity index (χ3n) is 1.81. The molecule has 3 N–H and O–H groups in total. The normalized spacial score (nSPS) is 10.1. The molecule has 0 heterocycles. The number of hydrogen-bond acceptors (Lipinski definition) is 4. The van der Waals surface area contributed by atoms with Crippen LogP contribution in [0.2, 0.25) is 5.02 Å². The van der Waals surface area contributed by atoms with Gasteiger partial charge in [0.15, 0.2) is 0 Å². The van der Waals surface area contributed by atoms with Crippen LogP contribution in [0, 0.1) is 0 Å². The van der Waals surface area contributed by atoms with Gasteiger partial charge in [0.25, 0.3) is 0 Å². The van der Waals surface area contributed by atoms with Crippen LogP contribution in [0.25, 0.3) is 0 Å². The highest BCUT2D eigenvalue weighted by atomic mass is 35.5. The first-order valence-electron chi connectivity index (χ1n) is 3.93. The van der Waals surface area contributed by atoms with Gasteiger partial charge >= 0.3 is 0 Å². The third kappa shape index (κ3) is 1.90. The fraction of sp³-hybridized carbons (Fsp3) is 0.222. The molecule has 1 aromatic rings. The van der Waals surface area contributed by atoms with Crippen LogP contribution in [0.5, 0.6) is 17.2 Å². The summed E-state index contributed by atoms with van der Waals surface area (Å²) in [6.07, 6.45) is 1.02. The maximum atomic E-state index is 10.1. The van der Waals surface area contributed by atoms with Crippen molar-refractivity contribution in [1.82, 2.24) is 0 Å². The van der Waals surface area contributed by atoms with E-state index in [4.69, 9.17) is 16.7 Å². The number of aromatic hydroxyl groups is 3. The van der Waals surface area contributed by atoms with Gasteiger partial charge < -0.3 is 20.1 Å². The van der Waals surface area contributed by atoms with Gasteiger partial charge in [-0.25, -0.2) is 0 Å². The molecule has 0 aromatic heterocycles. The van der Waals surface area contributed by atoms with Crippen molar-refractivity contribution in [2.45, 2.75) is 12.8 Å². The molecule has 1 aromatic carbocycles. The van der Waals surface area contributed by atoms with Crippen molar-refractivity contribution < 1.29 is 20.1 Å². The smallest absolute Gasteiger partial charge is 0.144 e. The third-order valence-corrected chi connectivity index (χ3v) is 2.19. The van der Waals surface area contributed by atoms with Crippen LogP contribution in [-0.4, -0.2) is 21.6 Å². The second-order valence-electron chi connectivity index (χ2n) is 2.76. The van der Waals surface area contributed by atoms with Crippen molar-refractivity contribution in [2.75, 3.05) is 0 Å². The molecule has 0 saturated heterocycles. The van der Waals surface area contributed by atoms with Crippen molar-refractivity contribution in [1.29, 1.82) is 0 Å². The number of hydrogen-bond donors (Lipinski definition) is 3. The Balaban J connectivity index is 3.15. The van der Waals surface area contributed by atoms with Gasteiger partial charge in [-0.1, -0.05) is 11.6 Å². The minimum atomic E-state index is -0.392. The number of rotatable bonds is 3. The Morgan fingerprint density at radius 1 is 1.29 bits per heavy atom. The Bertz CT molecular complexity index is 362. The number of carbonyl (C=O) groups is 1. The average Bonchev–Trinajstić information content (AvgIpc) is 2.14. The number of benzene rings is 1. The number of halogens is 1. The van der Waals surface area contributed by atoms with Crippen LogP contribution < -0.4 is 0 Å². The van der Waals surface area contributed by atoms with Crippen molar-refractivity contribution in [3.8, 4) is 17.2 Å². The fourth-order valence-electron chi connectivity index (χ4n) is 1.10. The Labute approximate surface area is 85.4 Å². The molecule has 0 amide bonds. The molecular formula is C9H9ClO4. The number of aldehydes is 1. The van der Waals surface area contributed by atoms with Gasteiger partial charge in [-0.2, -0.15) is 0 Å². The summed E-state index contributed by atoms with van der Waals surface area (Å²) in [4.78, 5) is 10.1. The Hall–Kier alpha value is -1.42. The first-order valence-corrected chi connectivity index (χ1v) is 4.31. The van der Waals surface area contributed by atoms with Crippen molar-refractivity contribution in [3.63, 3.8) is 0 Å². The summed E-state index contributed by atoms with van der Waals surface area (Å²) in [6, 6.07) is 1.03. The number of phenols is 3. The van der Waals surface area contributed by atoms with Gasteiger partial charge in [0.1, 0.15) is 28.6 Å². The SMILES string of the molecule is O=CCCc1c(O)cc(O)c(Cl)c1O. The van der Waals surface area contributed by atoms with Crippen LogP contribution in [0.3, 0.4) is 0 Å². The van der Waals surface area contributed by atoms with Gasteiger partial charge in [0, 0.05) is 18.1 Å². The van der Waals surface area contributed by atoms with Crippen molar-refractivity contribution in [3.05, 3.63) is 16.7 Å². The van der Waals surface area contributed by atoms with Crippen molar-refractivity contribution in [2.24, 2.45) is 0 Å². The van der Waals surface area contributed by atoms with Crippen LogP contribution >= 0.6 is 11.6 Å². The lowest BCUT2D eigenvalue weighted by Gasteiger charge is -2.08. The Morgan fingerprint density at radius 2 is 1.93 bits per heavy atom. The van der Waals surface area contributed by atoms with E-state index in [1.165, 1.54) is 0 Å². The van der Waals surface area contributed by atoms with E-state index < -0.39 is 5.75 Å². The predicted molar refractivity (Wildman–Crippen MR) is 50.8 cm³/mol. The fourth-order valence-corrected chi connectivity index (χ4v) is 1.27. The van der Waals surface area contributed by atoms with Crippen LogP contribution in [0.1, 0.15) is 12.0 Å². The summed E-state index contributed by atoms with van der Waals surface area (Å²) in [5, 5.41) is 27.6. The quantitative estimate of drug-likeness (QED) is 0.671. The van der Waals surface area contributed by atoms with E-state index in [1.807, 2.05) is 0 Å². The standard InChI is InChI=1S/C9H9ClO4/c10-8-7(13)4-6(12)5(9(8)14)2-1-3-11/h3-4,12-14H,1-2H2. The molecule has 0 fully saturated rings. The molecule has 76 valence electrons. The molecule has 0 unspecified atom stereocenters. The molecule has 0 saturated carbocycles. The van der Waals surface area contributed by atoms with Crippen LogP contribution in [-0.2, 0) is 11.2 Å². The zero-order chi connectivity index (χ0) is 10.7. The molecule has 0 atom stereocenters. The minimum Gasteiger partial charge on any atom is -0.507 e. The molecule has 0 aliphatic heterocycles. The summed E-state index contributed by atoms with van der Waals surface area (Å²) >= 11 is 5.53. The monoisotopic (exact) mass is 216 g/mol. The maximum absolute atomic E-state index is 10.1. The second-order valence-corrected chi connectivity index (χ2v) is 3.14. The first-order chi connectivity index (χ1) is 6.57. The van der Waals surface area contributed by atoms with E-state index in [-0.39, 0.29) is 34.9 Å².